The second kappa shape index (κ2) is 7.91. The highest BCUT2D eigenvalue weighted by Crippen LogP contribution is 2.27. The van der Waals surface area contributed by atoms with Crippen LogP contribution in [0.3, 0.4) is 0 Å². The number of amides is 2. The molecule has 1 fully saturated rings. The Bertz CT molecular complexity index is 843. The number of nitrogens with one attached hydrogen (secondary N) is 2. The van der Waals surface area contributed by atoms with Crippen molar-refractivity contribution in [2.24, 2.45) is 4.99 Å². The smallest absolute Gasteiger partial charge is 0.238 e. The number of benzene rings is 2. The van der Waals surface area contributed by atoms with Gasteiger partial charge in [0.25, 0.3) is 0 Å². The second-order valence-electron chi connectivity index (χ2n) is 5.23. The minimum Gasteiger partial charge on any atom is -0.325 e. The summed E-state index contributed by atoms with van der Waals surface area (Å²) in [4.78, 5) is 28.7. The number of rotatable bonds is 3. The highest BCUT2D eigenvalue weighted by Gasteiger charge is 2.30. The number of carbonyl (C=O) groups is 2. The predicted octanol–water partition coefficient (Wildman–Crippen LogP) is 4.24. The first kappa shape index (κ1) is 17.8. The van der Waals surface area contributed by atoms with Gasteiger partial charge < -0.3 is 10.6 Å². The summed E-state index contributed by atoms with van der Waals surface area (Å²) in [7, 11) is 0. The van der Waals surface area contributed by atoms with Gasteiger partial charge in [0.1, 0.15) is 5.25 Å². The average Bonchev–Trinajstić information content (AvgIpc) is 2.58. The van der Waals surface area contributed by atoms with E-state index in [1.165, 1.54) is 11.8 Å². The normalized spacial score (nSPS) is 18.7. The van der Waals surface area contributed by atoms with E-state index in [9.17, 15) is 9.59 Å². The van der Waals surface area contributed by atoms with Crippen LogP contribution in [0.1, 0.15) is 6.42 Å². The molecule has 25 heavy (non-hydrogen) atoms. The Hall–Kier alpha value is -2.02. The fourth-order valence-electron chi connectivity index (χ4n) is 2.16. The van der Waals surface area contributed by atoms with Crippen LogP contribution >= 0.6 is 35.0 Å². The van der Waals surface area contributed by atoms with E-state index in [4.69, 9.17) is 23.2 Å². The highest BCUT2D eigenvalue weighted by atomic mass is 35.5. The summed E-state index contributed by atoms with van der Waals surface area (Å²) in [5, 5.41) is 6.01. The van der Waals surface area contributed by atoms with E-state index in [1.54, 1.807) is 18.2 Å². The van der Waals surface area contributed by atoms with Gasteiger partial charge in [0.2, 0.25) is 11.8 Å². The van der Waals surface area contributed by atoms with Crippen LogP contribution in [0.15, 0.2) is 53.5 Å². The SMILES string of the molecule is O=C1CC(C(=O)Nc2ccc(Cl)c(Cl)c2)SC(=Nc2ccccc2)N1. The zero-order valence-corrected chi connectivity index (χ0v) is 15.2. The molecular formula is C17H13Cl2N3O2S. The lowest BCUT2D eigenvalue weighted by Gasteiger charge is -2.22. The maximum Gasteiger partial charge on any atom is 0.238 e. The number of hydrogen-bond donors (Lipinski definition) is 2. The summed E-state index contributed by atoms with van der Waals surface area (Å²) < 4.78 is 0. The van der Waals surface area contributed by atoms with E-state index in [0.29, 0.717) is 26.6 Å². The summed E-state index contributed by atoms with van der Waals surface area (Å²) in [6.45, 7) is 0. The lowest BCUT2D eigenvalue weighted by Crippen LogP contribution is -2.41. The number of para-hydroxylation sites is 1. The van der Waals surface area contributed by atoms with E-state index >= 15 is 0 Å². The Kier molecular flexibility index (Phi) is 5.63. The topological polar surface area (TPSA) is 70.6 Å². The summed E-state index contributed by atoms with van der Waals surface area (Å²) in [6, 6.07) is 14.0. The molecule has 128 valence electrons. The number of nitrogens with zero attached hydrogens (tertiary/aromatic N) is 1. The van der Waals surface area contributed by atoms with Gasteiger partial charge in [-0.25, -0.2) is 4.99 Å². The van der Waals surface area contributed by atoms with Gasteiger partial charge in [-0.1, -0.05) is 53.2 Å². The van der Waals surface area contributed by atoms with Crippen LogP contribution in [-0.2, 0) is 9.59 Å². The molecule has 1 unspecified atom stereocenters. The van der Waals surface area contributed by atoms with Crippen LogP contribution in [0.25, 0.3) is 0 Å². The third kappa shape index (κ3) is 4.75. The molecule has 0 spiro atoms. The van der Waals surface area contributed by atoms with Crippen molar-refractivity contribution in [2.75, 3.05) is 5.32 Å². The Morgan fingerprint density at radius 2 is 1.92 bits per heavy atom. The second-order valence-corrected chi connectivity index (χ2v) is 7.24. The number of halogens is 2. The molecule has 1 saturated heterocycles. The standard InChI is InChI=1S/C17H13Cl2N3O2S/c18-12-7-6-11(8-13(12)19)20-16(24)14-9-15(23)22-17(25-14)21-10-4-2-1-3-5-10/h1-8,14H,9H2,(H,20,24)(H,21,22,23). The van der Waals surface area contributed by atoms with Gasteiger partial charge in [0, 0.05) is 12.1 Å². The van der Waals surface area contributed by atoms with Crippen molar-refractivity contribution >= 4 is 63.3 Å². The van der Waals surface area contributed by atoms with Gasteiger partial charge in [-0.05, 0) is 30.3 Å². The van der Waals surface area contributed by atoms with E-state index in [1.807, 2.05) is 30.3 Å². The van der Waals surface area contributed by atoms with E-state index in [0.717, 1.165) is 0 Å². The predicted molar refractivity (Wildman–Crippen MR) is 103 cm³/mol. The minimum absolute atomic E-state index is 0.0750. The molecule has 0 aliphatic carbocycles. The third-order valence-corrected chi connectivity index (χ3v) is 5.16. The number of thioether (sulfide) groups is 1. The Balaban J connectivity index is 1.72. The average molecular weight is 394 g/mol. The van der Waals surface area contributed by atoms with Gasteiger partial charge in [-0.15, -0.1) is 0 Å². The molecule has 2 aromatic carbocycles. The zero-order valence-electron chi connectivity index (χ0n) is 12.8. The zero-order chi connectivity index (χ0) is 17.8. The van der Waals surface area contributed by atoms with Gasteiger partial charge in [-0.2, -0.15) is 0 Å². The largest absolute Gasteiger partial charge is 0.325 e. The fraction of sp³-hybridized carbons (Fsp3) is 0.118. The first-order chi connectivity index (χ1) is 12.0. The molecule has 2 N–H and O–H groups in total. The van der Waals surface area contributed by atoms with Crippen molar-refractivity contribution in [1.29, 1.82) is 0 Å². The molecule has 0 radical (unpaired) electrons. The molecule has 2 amide bonds. The van der Waals surface area contributed by atoms with Crippen molar-refractivity contribution in [1.82, 2.24) is 5.32 Å². The maximum absolute atomic E-state index is 12.5. The van der Waals surface area contributed by atoms with Crippen LogP contribution in [-0.4, -0.2) is 22.2 Å². The van der Waals surface area contributed by atoms with Crippen LogP contribution in [0, 0.1) is 0 Å². The quantitative estimate of drug-likeness (QED) is 0.818. The van der Waals surface area contributed by atoms with Crippen LogP contribution in [0.4, 0.5) is 11.4 Å². The van der Waals surface area contributed by atoms with E-state index < -0.39 is 5.25 Å². The molecule has 1 aliphatic rings. The Morgan fingerprint density at radius 3 is 2.64 bits per heavy atom. The molecule has 0 bridgehead atoms. The van der Waals surface area contributed by atoms with Crippen molar-refractivity contribution in [2.45, 2.75) is 11.7 Å². The van der Waals surface area contributed by atoms with Crippen LogP contribution in [0.2, 0.25) is 10.0 Å². The lowest BCUT2D eigenvalue weighted by molar-refractivity contribution is -0.123. The van der Waals surface area contributed by atoms with Crippen LogP contribution < -0.4 is 10.6 Å². The minimum atomic E-state index is -0.578. The molecular weight excluding hydrogens is 381 g/mol. The first-order valence-corrected chi connectivity index (χ1v) is 9.01. The molecule has 1 atom stereocenters. The maximum atomic E-state index is 12.5. The molecule has 8 heteroatoms. The van der Waals surface area contributed by atoms with E-state index in [2.05, 4.69) is 15.6 Å². The van der Waals surface area contributed by atoms with Crippen molar-refractivity contribution in [3.8, 4) is 0 Å². The fourth-order valence-corrected chi connectivity index (χ4v) is 3.46. The Labute approximate surface area is 158 Å². The summed E-state index contributed by atoms with van der Waals surface area (Å²) in [6.07, 6.45) is 0.0750. The summed E-state index contributed by atoms with van der Waals surface area (Å²) >= 11 is 13.0. The number of amidine groups is 1. The van der Waals surface area contributed by atoms with Crippen LogP contribution in [0.5, 0.6) is 0 Å². The van der Waals surface area contributed by atoms with Crippen molar-refractivity contribution in [3.63, 3.8) is 0 Å². The molecule has 1 aliphatic heterocycles. The van der Waals surface area contributed by atoms with Gasteiger partial charge in [0.05, 0.1) is 15.7 Å². The van der Waals surface area contributed by atoms with Crippen molar-refractivity contribution < 1.29 is 9.59 Å². The Morgan fingerprint density at radius 1 is 1.16 bits per heavy atom. The third-order valence-electron chi connectivity index (χ3n) is 3.34. The molecule has 1 heterocycles. The lowest BCUT2D eigenvalue weighted by atomic mass is 10.2. The van der Waals surface area contributed by atoms with E-state index in [-0.39, 0.29) is 18.2 Å². The summed E-state index contributed by atoms with van der Waals surface area (Å²) in [5.41, 5.74) is 1.23. The molecule has 3 rings (SSSR count). The molecule has 5 nitrogen and oxygen atoms in total. The monoisotopic (exact) mass is 393 g/mol. The van der Waals surface area contributed by atoms with Gasteiger partial charge in [-0.3, -0.25) is 9.59 Å². The molecule has 0 saturated carbocycles. The molecule has 0 aromatic heterocycles. The first-order valence-electron chi connectivity index (χ1n) is 7.37. The highest BCUT2D eigenvalue weighted by molar-refractivity contribution is 8.15. The summed E-state index contributed by atoms with van der Waals surface area (Å²) in [5.74, 6) is -0.540. The number of anilines is 1. The van der Waals surface area contributed by atoms with Gasteiger partial charge >= 0.3 is 0 Å². The number of hydrogen-bond acceptors (Lipinski definition) is 4. The van der Waals surface area contributed by atoms with Gasteiger partial charge in [0.15, 0.2) is 5.17 Å². The number of aliphatic imine (C=N–C) groups is 1. The van der Waals surface area contributed by atoms with Crippen molar-refractivity contribution in [3.05, 3.63) is 58.6 Å². The molecule has 2 aromatic rings. The number of carbonyl (C=O) groups excluding carboxylic acids is 2.